The lowest BCUT2D eigenvalue weighted by molar-refractivity contribution is 0.0800. The molecule has 1 amide bonds. The lowest BCUT2D eigenvalue weighted by atomic mass is 10.1. The van der Waals surface area contributed by atoms with Gasteiger partial charge in [-0.15, -0.1) is 0 Å². The van der Waals surface area contributed by atoms with Gasteiger partial charge in [-0.05, 0) is 30.7 Å². The van der Waals surface area contributed by atoms with Gasteiger partial charge < -0.3 is 23.7 Å². The lowest BCUT2D eigenvalue weighted by Crippen LogP contribution is -2.26. The highest BCUT2D eigenvalue weighted by Crippen LogP contribution is 2.27. The SMILES string of the molecule is CCCOCn1cnc2c(COC)cc(C(=O)N(C)c3ccc(F)c(OC)c3)cc21. The Morgan fingerprint density at radius 3 is 2.73 bits per heavy atom. The zero-order valence-electron chi connectivity index (χ0n) is 17.6. The molecule has 0 saturated heterocycles. The maximum Gasteiger partial charge on any atom is 0.258 e. The van der Waals surface area contributed by atoms with Crippen molar-refractivity contribution < 1.29 is 23.4 Å². The zero-order valence-corrected chi connectivity index (χ0v) is 17.6. The van der Waals surface area contributed by atoms with Crippen molar-refractivity contribution in [2.24, 2.45) is 0 Å². The number of imidazole rings is 1. The van der Waals surface area contributed by atoms with Crippen molar-refractivity contribution in [3.8, 4) is 5.75 Å². The number of rotatable bonds is 9. The van der Waals surface area contributed by atoms with E-state index in [2.05, 4.69) is 4.98 Å². The minimum Gasteiger partial charge on any atom is -0.494 e. The summed E-state index contributed by atoms with van der Waals surface area (Å²) in [5.74, 6) is -0.652. The van der Waals surface area contributed by atoms with Crippen molar-refractivity contribution >= 4 is 22.6 Å². The third-order valence-electron chi connectivity index (χ3n) is 4.76. The molecule has 3 aromatic rings. The van der Waals surface area contributed by atoms with E-state index in [4.69, 9.17) is 14.2 Å². The van der Waals surface area contributed by atoms with Crippen molar-refractivity contribution in [2.45, 2.75) is 26.7 Å². The summed E-state index contributed by atoms with van der Waals surface area (Å²) in [6.45, 7) is 3.34. The molecule has 7 nitrogen and oxygen atoms in total. The standard InChI is InChI=1S/C22H26FN3O4/c1-5-8-30-14-26-13-24-21-16(12-28-3)9-15(10-19(21)26)22(27)25(2)17-6-7-18(23)20(11-17)29-4/h6-7,9-11,13H,5,8,12,14H2,1-4H3. The quantitative estimate of drug-likeness (QED) is 0.495. The Morgan fingerprint density at radius 1 is 1.23 bits per heavy atom. The van der Waals surface area contributed by atoms with Gasteiger partial charge in [0.2, 0.25) is 0 Å². The summed E-state index contributed by atoms with van der Waals surface area (Å²) in [4.78, 5) is 19.1. The van der Waals surface area contributed by atoms with E-state index in [1.54, 1.807) is 32.6 Å². The summed E-state index contributed by atoms with van der Waals surface area (Å²) >= 11 is 0. The molecule has 2 aromatic carbocycles. The monoisotopic (exact) mass is 415 g/mol. The summed E-state index contributed by atoms with van der Waals surface area (Å²) in [6, 6.07) is 7.86. The predicted molar refractivity (Wildman–Crippen MR) is 112 cm³/mol. The molecule has 0 bridgehead atoms. The third-order valence-corrected chi connectivity index (χ3v) is 4.76. The Balaban J connectivity index is 1.98. The fourth-order valence-electron chi connectivity index (χ4n) is 3.20. The van der Waals surface area contributed by atoms with Crippen molar-refractivity contribution in [1.29, 1.82) is 0 Å². The summed E-state index contributed by atoms with van der Waals surface area (Å²) in [5.41, 5.74) is 3.34. The van der Waals surface area contributed by atoms with Gasteiger partial charge in [-0.2, -0.15) is 0 Å². The highest BCUT2D eigenvalue weighted by molar-refractivity contribution is 6.07. The van der Waals surface area contributed by atoms with E-state index in [1.165, 1.54) is 30.2 Å². The second kappa shape index (κ2) is 9.69. The minimum atomic E-state index is -0.484. The molecule has 0 spiro atoms. The highest BCUT2D eigenvalue weighted by atomic mass is 19.1. The van der Waals surface area contributed by atoms with Gasteiger partial charge in [-0.25, -0.2) is 9.37 Å². The molecule has 1 heterocycles. The topological polar surface area (TPSA) is 65.8 Å². The smallest absolute Gasteiger partial charge is 0.258 e. The molecule has 8 heteroatoms. The number of anilines is 1. The number of benzene rings is 2. The van der Waals surface area contributed by atoms with Gasteiger partial charge in [0.05, 0.1) is 31.1 Å². The number of hydrogen-bond donors (Lipinski definition) is 0. The second-order valence-corrected chi connectivity index (χ2v) is 6.87. The summed E-state index contributed by atoms with van der Waals surface area (Å²) in [7, 11) is 4.62. The average Bonchev–Trinajstić information content (AvgIpc) is 3.16. The van der Waals surface area contributed by atoms with E-state index in [-0.39, 0.29) is 11.7 Å². The van der Waals surface area contributed by atoms with Crippen LogP contribution in [0.3, 0.4) is 0 Å². The molecule has 0 radical (unpaired) electrons. The first-order valence-electron chi connectivity index (χ1n) is 9.66. The molecule has 0 N–H and O–H groups in total. The average molecular weight is 415 g/mol. The number of amides is 1. The molecule has 0 saturated carbocycles. The lowest BCUT2D eigenvalue weighted by Gasteiger charge is -2.19. The summed E-state index contributed by atoms with van der Waals surface area (Å²) < 4.78 is 31.6. The van der Waals surface area contributed by atoms with E-state index >= 15 is 0 Å². The van der Waals surface area contributed by atoms with Gasteiger partial charge >= 0.3 is 0 Å². The Bertz CT molecular complexity index is 1030. The van der Waals surface area contributed by atoms with Crippen molar-refractivity contribution in [1.82, 2.24) is 9.55 Å². The van der Waals surface area contributed by atoms with Gasteiger partial charge in [0.25, 0.3) is 5.91 Å². The van der Waals surface area contributed by atoms with Crippen LogP contribution in [-0.4, -0.2) is 43.3 Å². The largest absolute Gasteiger partial charge is 0.494 e. The van der Waals surface area contributed by atoms with Crippen LogP contribution >= 0.6 is 0 Å². The number of fused-ring (bicyclic) bond motifs is 1. The molecule has 0 atom stereocenters. The fraction of sp³-hybridized carbons (Fsp3) is 0.364. The molecular weight excluding hydrogens is 389 g/mol. The second-order valence-electron chi connectivity index (χ2n) is 6.87. The third kappa shape index (κ3) is 4.44. The molecule has 0 aliphatic rings. The van der Waals surface area contributed by atoms with E-state index in [1.807, 2.05) is 11.5 Å². The van der Waals surface area contributed by atoms with Crippen LogP contribution < -0.4 is 9.64 Å². The Hall–Kier alpha value is -2.97. The maximum atomic E-state index is 13.7. The summed E-state index contributed by atoms with van der Waals surface area (Å²) in [5, 5.41) is 0. The Morgan fingerprint density at radius 2 is 2.03 bits per heavy atom. The van der Waals surface area contributed by atoms with Crippen LogP contribution in [0.1, 0.15) is 29.3 Å². The number of hydrogen-bond acceptors (Lipinski definition) is 5. The molecular formula is C22H26FN3O4. The van der Waals surface area contributed by atoms with Crippen LogP contribution in [0.25, 0.3) is 11.0 Å². The maximum absolute atomic E-state index is 13.7. The van der Waals surface area contributed by atoms with Gasteiger partial charge in [0.15, 0.2) is 11.6 Å². The summed E-state index contributed by atoms with van der Waals surface area (Å²) in [6.07, 6.45) is 2.61. The minimum absolute atomic E-state index is 0.0776. The van der Waals surface area contributed by atoms with Crippen molar-refractivity contribution in [3.63, 3.8) is 0 Å². The fourth-order valence-corrected chi connectivity index (χ4v) is 3.20. The zero-order chi connectivity index (χ0) is 21.7. The number of carbonyl (C=O) groups excluding carboxylic acids is 1. The number of methoxy groups -OCH3 is 2. The normalized spacial score (nSPS) is 11.1. The van der Waals surface area contributed by atoms with Crippen LogP contribution in [0.15, 0.2) is 36.7 Å². The van der Waals surface area contributed by atoms with Gasteiger partial charge in [0.1, 0.15) is 6.73 Å². The van der Waals surface area contributed by atoms with Crippen LogP contribution in [0.5, 0.6) is 5.75 Å². The number of aromatic nitrogens is 2. The molecule has 0 unspecified atom stereocenters. The predicted octanol–water partition coefficient (Wildman–Crippen LogP) is 3.99. The van der Waals surface area contributed by atoms with Crippen molar-refractivity contribution in [2.75, 3.05) is 32.8 Å². The van der Waals surface area contributed by atoms with Crippen LogP contribution in [0, 0.1) is 5.82 Å². The number of halogens is 1. The highest BCUT2D eigenvalue weighted by Gasteiger charge is 2.19. The first kappa shape index (κ1) is 21.7. The molecule has 3 rings (SSSR count). The van der Waals surface area contributed by atoms with Gasteiger partial charge in [-0.1, -0.05) is 6.92 Å². The first-order valence-corrected chi connectivity index (χ1v) is 9.66. The molecule has 0 fully saturated rings. The first-order chi connectivity index (χ1) is 14.5. The van der Waals surface area contributed by atoms with Gasteiger partial charge in [0, 0.05) is 43.6 Å². The molecule has 0 aliphatic carbocycles. The number of nitrogens with zero attached hydrogens (tertiary/aromatic N) is 3. The molecule has 160 valence electrons. The molecule has 1 aromatic heterocycles. The van der Waals surface area contributed by atoms with Crippen LogP contribution in [0.4, 0.5) is 10.1 Å². The van der Waals surface area contributed by atoms with Crippen LogP contribution in [0.2, 0.25) is 0 Å². The van der Waals surface area contributed by atoms with Crippen LogP contribution in [-0.2, 0) is 22.8 Å². The Kier molecular flexibility index (Phi) is 7.02. The molecule has 30 heavy (non-hydrogen) atoms. The molecule has 0 aliphatic heterocycles. The Labute approximate surface area is 175 Å². The van der Waals surface area contributed by atoms with E-state index < -0.39 is 5.82 Å². The van der Waals surface area contributed by atoms with Crippen molar-refractivity contribution in [3.05, 3.63) is 53.6 Å². The number of carbonyl (C=O) groups is 1. The van der Waals surface area contributed by atoms with Gasteiger partial charge in [-0.3, -0.25) is 4.79 Å². The number of ether oxygens (including phenoxy) is 3. The van der Waals surface area contributed by atoms with E-state index in [0.29, 0.717) is 31.2 Å². The van der Waals surface area contributed by atoms with E-state index in [0.717, 1.165) is 23.0 Å². The van der Waals surface area contributed by atoms with E-state index in [9.17, 15) is 9.18 Å².